The van der Waals surface area contributed by atoms with E-state index in [1.807, 2.05) is 0 Å². The number of nitrogens with zero attached hydrogens (tertiary/aromatic N) is 2. The molecule has 1 rings (SSSR count). The summed E-state index contributed by atoms with van der Waals surface area (Å²) in [6.45, 7) is 0. The molecule has 0 radical (unpaired) electrons. The summed E-state index contributed by atoms with van der Waals surface area (Å²) >= 11 is 0.452. The van der Waals surface area contributed by atoms with Gasteiger partial charge in [0.15, 0.2) is 5.69 Å². The van der Waals surface area contributed by atoms with Gasteiger partial charge in [-0.1, -0.05) is 0 Å². The molecule has 0 amide bonds. The third-order valence-corrected chi connectivity index (χ3v) is 1.84. The largest absolute Gasteiger partial charge is 0.434 e. The number of hydrogen-bond donors (Lipinski definition) is 0. The van der Waals surface area contributed by atoms with Crippen LogP contribution < -0.4 is 0 Å². The van der Waals surface area contributed by atoms with Crippen LogP contribution in [0.4, 0.5) is 13.2 Å². The lowest BCUT2D eigenvalue weighted by atomic mass is 10.3. The molecule has 1 aromatic heterocycles. The Bertz CT molecular complexity index is 342. The highest BCUT2D eigenvalue weighted by Gasteiger charge is 2.35. The zero-order valence-corrected chi connectivity index (χ0v) is 6.99. The minimum atomic E-state index is -4.50. The third-order valence-electron chi connectivity index (χ3n) is 1.19. The first-order valence-corrected chi connectivity index (χ1v) is 3.95. The van der Waals surface area contributed by atoms with E-state index < -0.39 is 11.9 Å². The number of thioether (sulfide) groups is 1. The molecule has 0 bridgehead atoms. The van der Waals surface area contributed by atoms with E-state index in [2.05, 4.69) is 4.98 Å². The maximum absolute atomic E-state index is 12.2. The molecule has 0 aromatic carbocycles. The quantitative estimate of drug-likeness (QED) is 0.521. The summed E-state index contributed by atoms with van der Waals surface area (Å²) in [5.41, 5.74) is -1.01. The summed E-state index contributed by atoms with van der Waals surface area (Å²) in [5.74, 6) is 0. The smallest absolute Gasteiger partial charge is 0.251 e. The molecule has 0 aliphatic heterocycles. The number of halogens is 3. The second kappa shape index (κ2) is 3.66. The molecule has 0 aliphatic carbocycles. The molecule has 6 heteroatoms. The van der Waals surface area contributed by atoms with Crippen LogP contribution in [0.25, 0.3) is 0 Å². The van der Waals surface area contributed by atoms with Crippen molar-refractivity contribution >= 4 is 11.8 Å². The number of pyridine rings is 1. The molecule has 0 atom stereocenters. The first-order chi connectivity index (χ1) is 6.05. The van der Waals surface area contributed by atoms with Crippen LogP contribution in [0.1, 0.15) is 5.69 Å². The number of aromatic nitrogens is 1. The molecule has 0 spiro atoms. The van der Waals surface area contributed by atoms with Gasteiger partial charge >= 0.3 is 6.18 Å². The Morgan fingerprint density at radius 2 is 2.15 bits per heavy atom. The van der Waals surface area contributed by atoms with E-state index >= 15 is 0 Å². The molecule has 13 heavy (non-hydrogen) atoms. The molecule has 1 heterocycles. The summed E-state index contributed by atoms with van der Waals surface area (Å²) in [5, 5.41) is 9.80. The van der Waals surface area contributed by atoms with Crippen molar-refractivity contribution in [3.8, 4) is 5.40 Å². The van der Waals surface area contributed by atoms with E-state index in [0.29, 0.717) is 11.8 Å². The second-order valence-electron chi connectivity index (χ2n) is 2.04. The van der Waals surface area contributed by atoms with E-state index in [4.69, 9.17) is 5.26 Å². The minimum Gasteiger partial charge on any atom is -0.251 e. The van der Waals surface area contributed by atoms with Crippen LogP contribution in [0.2, 0.25) is 0 Å². The van der Waals surface area contributed by atoms with Crippen LogP contribution in [-0.2, 0) is 6.18 Å². The Hall–Kier alpha value is -1.22. The van der Waals surface area contributed by atoms with E-state index in [9.17, 15) is 13.2 Å². The van der Waals surface area contributed by atoms with E-state index in [-0.39, 0.29) is 4.90 Å². The standard InChI is InChI=1S/C7H3F3N2S/c8-7(9,10)6-5(13-4-11)2-1-3-12-6/h1-3H. The highest BCUT2D eigenvalue weighted by Crippen LogP contribution is 2.34. The fourth-order valence-electron chi connectivity index (χ4n) is 0.735. The van der Waals surface area contributed by atoms with Crippen molar-refractivity contribution in [2.24, 2.45) is 0 Å². The van der Waals surface area contributed by atoms with Crippen molar-refractivity contribution in [2.75, 3.05) is 0 Å². The second-order valence-corrected chi connectivity index (χ2v) is 2.87. The molecule has 1 aromatic rings. The summed E-state index contributed by atoms with van der Waals surface area (Å²) in [6, 6.07) is 2.57. The lowest BCUT2D eigenvalue weighted by Gasteiger charge is -2.07. The summed E-state index contributed by atoms with van der Waals surface area (Å²) < 4.78 is 36.6. The maximum Gasteiger partial charge on any atom is 0.434 e. The fourth-order valence-corrected chi connectivity index (χ4v) is 1.25. The molecule has 68 valence electrons. The highest BCUT2D eigenvalue weighted by atomic mass is 32.2. The zero-order valence-electron chi connectivity index (χ0n) is 6.17. The molecule has 0 aliphatic rings. The van der Waals surface area contributed by atoms with Crippen molar-refractivity contribution in [2.45, 2.75) is 11.1 Å². The first kappa shape index (κ1) is 9.86. The maximum atomic E-state index is 12.2. The van der Waals surface area contributed by atoms with E-state index in [1.165, 1.54) is 12.1 Å². The first-order valence-electron chi connectivity index (χ1n) is 3.14. The van der Waals surface area contributed by atoms with Crippen LogP contribution in [0.5, 0.6) is 0 Å². The minimum absolute atomic E-state index is 0.169. The van der Waals surface area contributed by atoms with Crippen molar-refractivity contribution in [1.29, 1.82) is 5.26 Å². The SMILES string of the molecule is N#CSc1cccnc1C(F)(F)F. The molecule has 2 nitrogen and oxygen atoms in total. The van der Waals surface area contributed by atoms with Gasteiger partial charge in [-0.25, -0.2) is 0 Å². The Kier molecular flexibility index (Phi) is 2.78. The Labute approximate surface area is 76.4 Å². The van der Waals surface area contributed by atoms with Gasteiger partial charge in [0.2, 0.25) is 0 Å². The monoisotopic (exact) mass is 204 g/mol. The van der Waals surface area contributed by atoms with Gasteiger partial charge in [-0.05, 0) is 23.9 Å². The number of alkyl halides is 3. The average Bonchev–Trinajstić information content (AvgIpc) is 2.04. The Morgan fingerprint density at radius 1 is 1.46 bits per heavy atom. The van der Waals surface area contributed by atoms with Crippen molar-refractivity contribution in [3.63, 3.8) is 0 Å². The van der Waals surface area contributed by atoms with Gasteiger partial charge < -0.3 is 0 Å². The fraction of sp³-hybridized carbons (Fsp3) is 0.143. The van der Waals surface area contributed by atoms with Crippen molar-refractivity contribution in [3.05, 3.63) is 24.0 Å². The van der Waals surface area contributed by atoms with E-state index in [0.717, 1.165) is 6.20 Å². The van der Waals surface area contributed by atoms with E-state index in [1.54, 1.807) is 5.40 Å². The van der Waals surface area contributed by atoms with Gasteiger partial charge in [0.25, 0.3) is 0 Å². The predicted molar refractivity (Wildman–Crippen MR) is 40.7 cm³/mol. The van der Waals surface area contributed by atoms with Crippen LogP contribution in [0.15, 0.2) is 23.2 Å². The van der Waals surface area contributed by atoms with Crippen LogP contribution in [-0.4, -0.2) is 4.98 Å². The van der Waals surface area contributed by atoms with Crippen molar-refractivity contribution in [1.82, 2.24) is 4.98 Å². The van der Waals surface area contributed by atoms with Gasteiger partial charge in [0.05, 0.1) is 4.90 Å². The zero-order chi connectivity index (χ0) is 9.90. The molecule has 0 saturated carbocycles. The molecular weight excluding hydrogens is 201 g/mol. The van der Waals surface area contributed by atoms with Crippen LogP contribution in [0, 0.1) is 10.7 Å². The van der Waals surface area contributed by atoms with Gasteiger partial charge in [0.1, 0.15) is 5.40 Å². The van der Waals surface area contributed by atoms with Crippen LogP contribution >= 0.6 is 11.8 Å². The molecule has 0 fully saturated rings. The summed E-state index contributed by atoms with van der Waals surface area (Å²) in [6.07, 6.45) is -3.45. The van der Waals surface area contributed by atoms with Gasteiger partial charge in [-0.3, -0.25) is 4.98 Å². The van der Waals surface area contributed by atoms with Crippen LogP contribution in [0.3, 0.4) is 0 Å². The number of thiocyanates is 1. The number of hydrogen-bond acceptors (Lipinski definition) is 3. The molecule has 0 N–H and O–H groups in total. The van der Waals surface area contributed by atoms with Gasteiger partial charge in [-0.15, -0.1) is 0 Å². The Morgan fingerprint density at radius 3 is 2.69 bits per heavy atom. The molecule has 0 unspecified atom stereocenters. The lowest BCUT2D eigenvalue weighted by Crippen LogP contribution is -2.08. The number of nitriles is 1. The Balaban J connectivity index is 3.14. The average molecular weight is 204 g/mol. The lowest BCUT2D eigenvalue weighted by molar-refractivity contribution is -0.143. The molecular formula is C7H3F3N2S. The summed E-state index contributed by atoms with van der Waals surface area (Å²) in [4.78, 5) is 3.00. The highest BCUT2D eigenvalue weighted by molar-refractivity contribution is 8.03. The van der Waals surface area contributed by atoms with Gasteiger partial charge in [0, 0.05) is 6.20 Å². The van der Waals surface area contributed by atoms with Gasteiger partial charge in [-0.2, -0.15) is 18.4 Å². The molecule has 0 saturated heterocycles. The summed E-state index contributed by atoms with van der Waals surface area (Å²) in [7, 11) is 0. The predicted octanol–water partition coefficient (Wildman–Crippen LogP) is 2.67. The normalized spacial score (nSPS) is 10.9. The van der Waals surface area contributed by atoms with Crippen molar-refractivity contribution < 1.29 is 13.2 Å². The number of rotatable bonds is 1. The topological polar surface area (TPSA) is 36.7 Å². The third kappa shape index (κ3) is 2.36.